The molecule has 0 aromatic carbocycles. The molecule has 0 atom stereocenters. The summed E-state index contributed by atoms with van der Waals surface area (Å²) >= 11 is 0. The first kappa shape index (κ1) is 17.1. The molecule has 0 aliphatic carbocycles. The van der Waals surface area contributed by atoms with Crippen LogP contribution >= 0.6 is 0 Å². The standard InChI is InChI=1S/C12H20N2O5/c1-9(2)8-19-7-6-13-12(18)14-10(15)4-3-5-11(16)17/h1,3-8H2,2H3,(H,16,17)(H2,13,14,15,18). The van der Waals surface area contributed by atoms with Gasteiger partial charge in [0.05, 0.1) is 13.2 Å². The summed E-state index contributed by atoms with van der Waals surface area (Å²) in [6, 6.07) is -0.612. The van der Waals surface area contributed by atoms with Crippen molar-refractivity contribution in [3.05, 3.63) is 12.2 Å². The van der Waals surface area contributed by atoms with Crippen LogP contribution in [0, 0.1) is 0 Å². The van der Waals surface area contributed by atoms with E-state index in [2.05, 4.69) is 17.2 Å². The predicted octanol–water partition coefficient (Wildman–Crippen LogP) is 0.660. The average molecular weight is 272 g/mol. The van der Waals surface area contributed by atoms with Gasteiger partial charge in [0.15, 0.2) is 0 Å². The molecule has 0 heterocycles. The highest BCUT2D eigenvalue weighted by atomic mass is 16.5. The van der Waals surface area contributed by atoms with Crippen molar-refractivity contribution >= 4 is 17.9 Å². The number of imide groups is 1. The second-order valence-corrected chi connectivity index (χ2v) is 4.06. The number of nitrogens with one attached hydrogen (secondary N) is 2. The Hall–Kier alpha value is -1.89. The lowest BCUT2D eigenvalue weighted by Crippen LogP contribution is -2.40. The first-order valence-electron chi connectivity index (χ1n) is 5.93. The van der Waals surface area contributed by atoms with Gasteiger partial charge in [0.1, 0.15) is 0 Å². The molecule has 0 aromatic rings. The average Bonchev–Trinajstić information content (AvgIpc) is 2.27. The summed E-state index contributed by atoms with van der Waals surface area (Å²) in [4.78, 5) is 32.6. The summed E-state index contributed by atoms with van der Waals surface area (Å²) in [7, 11) is 0. The molecule has 0 aliphatic rings. The summed E-state index contributed by atoms with van der Waals surface area (Å²) in [6.07, 6.45) is 0.117. The number of hydrogen-bond acceptors (Lipinski definition) is 4. The molecule has 0 radical (unpaired) electrons. The Kier molecular flexibility index (Phi) is 9.07. The topological polar surface area (TPSA) is 105 Å². The SMILES string of the molecule is C=C(C)COCCNC(=O)NC(=O)CCCC(=O)O. The van der Waals surface area contributed by atoms with Crippen molar-refractivity contribution in [2.45, 2.75) is 26.2 Å². The molecule has 0 rings (SSSR count). The van der Waals surface area contributed by atoms with E-state index in [-0.39, 0.29) is 25.8 Å². The number of amides is 3. The zero-order valence-corrected chi connectivity index (χ0v) is 11.0. The summed E-state index contributed by atoms with van der Waals surface area (Å²) in [6.45, 7) is 6.52. The van der Waals surface area contributed by atoms with Crippen LogP contribution in [0.15, 0.2) is 12.2 Å². The van der Waals surface area contributed by atoms with Crippen molar-refractivity contribution in [2.75, 3.05) is 19.8 Å². The zero-order chi connectivity index (χ0) is 14.7. The molecule has 3 N–H and O–H groups in total. The van der Waals surface area contributed by atoms with Crippen molar-refractivity contribution in [1.29, 1.82) is 0 Å². The molecule has 0 spiro atoms. The smallest absolute Gasteiger partial charge is 0.321 e. The zero-order valence-electron chi connectivity index (χ0n) is 11.0. The molecule has 3 amide bonds. The van der Waals surface area contributed by atoms with Gasteiger partial charge in [0.25, 0.3) is 0 Å². The fourth-order valence-electron chi connectivity index (χ4n) is 1.12. The quantitative estimate of drug-likeness (QED) is 0.422. The minimum absolute atomic E-state index is 0.00583. The van der Waals surface area contributed by atoms with Crippen LogP contribution in [0.5, 0.6) is 0 Å². The summed E-state index contributed by atoms with van der Waals surface area (Å²) in [5.41, 5.74) is 0.887. The van der Waals surface area contributed by atoms with Crippen molar-refractivity contribution in [2.24, 2.45) is 0 Å². The van der Waals surface area contributed by atoms with E-state index < -0.39 is 17.9 Å². The number of carboxylic acid groups (broad SMARTS) is 1. The van der Waals surface area contributed by atoms with Crippen molar-refractivity contribution in [3.63, 3.8) is 0 Å². The Morgan fingerprint density at radius 1 is 1.26 bits per heavy atom. The normalized spacial score (nSPS) is 9.74. The molecule has 0 bridgehead atoms. The molecule has 0 unspecified atom stereocenters. The van der Waals surface area contributed by atoms with Gasteiger partial charge in [-0.25, -0.2) is 4.79 Å². The van der Waals surface area contributed by atoms with Gasteiger partial charge in [-0.05, 0) is 13.3 Å². The van der Waals surface area contributed by atoms with Crippen LogP contribution in [0.3, 0.4) is 0 Å². The van der Waals surface area contributed by atoms with Crippen LogP contribution in [0.25, 0.3) is 0 Å². The lowest BCUT2D eigenvalue weighted by molar-refractivity contribution is -0.137. The lowest BCUT2D eigenvalue weighted by atomic mass is 10.2. The fourth-order valence-corrected chi connectivity index (χ4v) is 1.12. The Balaban J connectivity index is 3.54. The van der Waals surface area contributed by atoms with E-state index in [1.807, 2.05) is 6.92 Å². The molecular weight excluding hydrogens is 252 g/mol. The molecule has 108 valence electrons. The number of carboxylic acids is 1. The van der Waals surface area contributed by atoms with Crippen LogP contribution in [0.4, 0.5) is 4.79 Å². The molecule has 0 saturated carbocycles. The van der Waals surface area contributed by atoms with Crippen LogP contribution in [-0.2, 0) is 14.3 Å². The van der Waals surface area contributed by atoms with Gasteiger partial charge < -0.3 is 15.2 Å². The van der Waals surface area contributed by atoms with Crippen molar-refractivity contribution in [3.8, 4) is 0 Å². The molecular formula is C12H20N2O5. The largest absolute Gasteiger partial charge is 0.481 e. The third kappa shape index (κ3) is 12.4. The number of hydrogen-bond donors (Lipinski definition) is 3. The van der Waals surface area contributed by atoms with E-state index in [0.717, 1.165) is 5.57 Å². The van der Waals surface area contributed by atoms with Crippen molar-refractivity contribution in [1.82, 2.24) is 10.6 Å². The van der Waals surface area contributed by atoms with E-state index in [1.54, 1.807) is 0 Å². The van der Waals surface area contributed by atoms with Crippen LogP contribution in [-0.4, -0.2) is 42.8 Å². The second-order valence-electron chi connectivity index (χ2n) is 4.06. The second kappa shape index (κ2) is 10.1. The highest BCUT2D eigenvalue weighted by Gasteiger charge is 2.07. The summed E-state index contributed by atoms with van der Waals surface area (Å²) in [5.74, 6) is -1.46. The molecule has 7 nitrogen and oxygen atoms in total. The van der Waals surface area contributed by atoms with E-state index in [4.69, 9.17) is 9.84 Å². The highest BCUT2D eigenvalue weighted by molar-refractivity contribution is 5.94. The van der Waals surface area contributed by atoms with E-state index >= 15 is 0 Å². The van der Waals surface area contributed by atoms with E-state index in [1.165, 1.54) is 0 Å². The minimum atomic E-state index is -0.966. The number of carbonyl (C=O) groups is 3. The fraction of sp³-hybridized carbons (Fsp3) is 0.583. The van der Waals surface area contributed by atoms with Gasteiger partial charge in [-0.2, -0.15) is 0 Å². The third-order valence-corrected chi connectivity index (χ3v) is 1.93. The molecule has 0 aromatic heterocycles. The number of rotatable bonds is 9. The maximum absolute atomic E-state index is 11.2. The van der Waals surface area contributed by atoms with Crippen LogP contribution in [0.1, 0.15) is 26.2 Å². The van der Waals surface area contributed by atoms with Crippen LogP contribution < -0.4 is 10.6 Å². The van der Waals surface area contributed by atoms with E-state index in [9.17, 15) is 14.4 Å². The monoisotopic (exact) mass is 272 g/mol. The maximum atomic E-state index is 11.2. The molecule has 0 saturated heterocycles. The van der Waals surface area contributed by atoms with Gasteiger partial charge in [-0.1, -0.05) is 12.2 Å². The predicted molar refractivity (Wildman–Crippen MR) is 68.7 cm³/mol. The Morgan fingerprint density at radius 3 is 2.53 bits per heavy atom. The Morgan fingerprint density at radius 2 is 1.95 bits per heavy atom. The first-order valence-corrected chi connectivity index (χ1v) is 5.93. The summed E-state index contributed by atoms with van der Waals surface area (Å²) < 4.78 is 5.15. The minimum Gasteiger partial charge on any atom is -0.481 e. The lowest BCUT2D eigenvalue weighted by Gasteiger charge is -2.07. The van der Waals surface area contributed by atoms with Gasteiger partial charge in [-0.15, -0.1) is 0 Å². The first-order chi connectivity index (χ1) is 8.91. The molecule has 19 heavy (non-hydrogen) atoms. The summed E-state index contributed by atoms with van der Waals surface area (Å²) in [5, 5.41) is 12.9. The number of carbonyl (C=O) groups excluding carboxylic acids is 2. The number of aliphatic carboxylic acids is 1. The molecule has 0 aliphatic heterocycles. The van der Waals surface area contributed by atoms with Gasteiger partial charge in [0.2, 0.25) is 5.91 Å². The molecule has 7 heteroatoms. The number of ether oxygens (including phenoxy) is 1. The highest BCUT2D eigenvalue weighted by Crippen LogP contribution is 1.94. The van der Waals surface area contributed by atoms with Gasteiger partial charge in [-0.3, -0.25) is 14.9 Å². The van der Waals surface area contributed by atoms with Crippen LogP contribution in [0.2, 0.25) is 0 Å². The Bertz CT molecular complexity index is 341. The third-order valence-electron chi connectivity index (χ3n) is 1.93. The van der Waals surface area contributed by atoms with Crippen molar-refractivity contribution < 1.29 is 24.2 Å². The molecule has 0 fully saturated rings. The van der Waals surface area contributed by atoms with Gasteiger partial charge >= 0.3 is 12.0 Å². The van der Waals surface area contributed by atoms with Gasteiger partial charge in [0, 0.05) is 19.4 Å². The number of urea groups is 1. The maximum Gasteiger partial charge on any atom is 0.321 e. The Labute approximate surface area is 112 Å². The van der Waals surface area contributed by atoms with E-state index in [0.29, 0.717) is 13.2 Å².